The fraction of sp³-hybridized carbons (Fsp3) is 0. The van der Waals surface area contributed by atoms with Crippen LogP contribution in [0.5, 0.6) is 0 Å². The van der Waals surface area contributed by atoms with Crippen molar-refractivity contribution in [3.63, 3.8) is 0 Å². The summed E-state index contributed by atoms with van der Waals surface area (Å²) in [6.07, 6.45) is 0. The van der Waals surface area contributed by atoms with Crippen LogP contribution in [-0.2, 0) is 0 Å². The molecule has 0 aromatic heterocycles. The van der Waals surface area contributed by atoms with Crippen molar-refractivity contribution in [1.82, 2.24) is 6.15 Å². The lowest BCUT2D eigenvalue weighted by Gasteiger charge is -1.98. The molecule has 0 saturated heterocycles. The fourth-order valence-electron chi connectivity index (χ4n) is 1.26. The molecule has 2 aromatic carbocycles. The van der Waals surface area contributed by atoms with Crippen LogP contribution in [0, 0.1) is 0 Å². The first-order chi connectivity index (χ1) is 5.97. The summed E-state index contributed by atoms with van der Waals surface area (Å²) in [5.41, 5.74) is 2.55. The van der Waals surface area contributed by atoms with Gasteiger partial charge in [-0.1, -0.05) is 60.7 Å². The van der Waals surface area contributed by atoms with E-state index in [-0.39, 0.29) is 6.15 Å². The first-order valence-corrected chi connectivity index (χ1v) is 4.07. The smallest absolute Gasteiger partial charge is 0 e. The third-order valence-electron chi connectivity index (χ3n) is 1.88. The Labute approximate surface area is 78.6 Å². The van der Waals surface area contributed by atoms with Crippen LogP contribution in [-0.4, -0.2) is 0 Å². The minimum absolute atomic E-state index is 0. The van der Waals surface area contributed by atoms with E-state index in [2.05, 4.69) is 48.5 Å². The molecular weight excluding hydrogens is 158 g/mol. The molecule has 63 valence electrons. The maximum atomic E-state index is 2.12. The molecule has 3 radical (unpaired) electrons. The minimum Gasteiger partial charge on any atom is -0.0622 e. The van der Waals surface area contributed by atoms with Gasteiger partial charge in [-0.15, -0.1) is 0 Å². The predicted molar refractivity (Wildman–Crippen MR) is 54.0 cm³/mol. The first kappa shape index (κ1) is 9.49. The zero-order valence-corrected chi connectivity index (χ0v) is 7.22. The fourth-order valence-corrected chi connectivity index (χ4v) is 1.26. The summed E-state index contributed by atoms with van der Waals surface area (Å²) in [5, 5.41) is 0. The zero-order valence-electron chi connectivity index (χ0n) is 7.22. The molecule has 2 aromatic rings. The lowest BCUT2D eigenvalue weighted by Crippen LogP contribution is -1.73. The van der Waals surface area contributed by atoms with Crippen LogP contribution in [0.4, 0.5) is 0 Å². The van der Waals surface area contributed by atoms with Crippen molar-refractivity contribution >= 4 is 0 Å². The molecule has 0 heterocycles. The molecule has 0 saturated carbocycles. The van der Waals surface area contributed by atoms with Crippen LogP contribution in [0.25, 0.3) is 11.1 Å². The first-order valence-electron chi connectivity index (χ1n) is 4.07. The largest absolute Gasteiger partial charge is 0.0622 e. The summed E-state index contributed by atoms with van der Waals surface area (Å²) in [6.45, 7) is 0. The van der Waals surface area contributed by atoms with E-state index in [1.807, 2.05) is 12.1 Å². The van der Waals surface area contributed by atoms with E-state index in [0.29, 0.717) is 0 Å². The second kappa shape index (κ2) is 4.43. The molecule has 0 atom stereocenters. The Bertz CT molecular complexity index is 303. The number of rotatable bonds is 1. The number of hydrogen-bond acceptors (Lipinski definition) is 0. The van der Waals surface area contributed by atoms with Gasteiger partial charge in [-0.2, -0.15) is 0 Å². The quantitative estimate of drug-likeness (QED) is 0.627. The number of hydrogen-bond donors (Lipinski definition) is 0. The van der Waals surface area contributed by atoms with Crippen molar-refractivity contribution in [3.05, 3.63) is 60.7 Å². The molecule has 1 heteroatoms. The van der Waals surface area contributed by atoms with Gasteiger partial charge in [0, 0.05) is 6.15 Å². The van der Waals surface area contributed by atoms with Crippen molar-refractivity contribution < 1.29 is 0 Å². The topological polar surface area (TPSA) is 30.5 Å². The van der Waals surface area contributed by atoms with Gasteiger partial charge in [-0.25, -0.2) is 0 Å². The second-order valence-electron chi connectivity index (χ2n) is 2.73. The standard InChI is InChI=1S/C12H10.N/c1-3-7-11(8-4-1)12-9-5-2-6-10-12;/h1-10H;. The molecule has 2 rings (SSSR count). The lowest BCUT2D eigenvalue weighted by atomic mass is 10.1. The Morgan fingerprint density at radius 2 is 0.769 bits per heavy atom. The van der Waals surface area contributed by atoms with Gasteiger partial charge in [0.2, 0.25) is 0 Å². The minimum atomic E-state index is 0. The Morgan fingerprint density at radius 3 is 1.08 bits per heavy atom. The molecule has 0 aliphatic rings. The maximum absolute atomic E-state index is 2.12. The van der Waals surface area contributed by atoms with Gasteiger partial charge in [0.15, 0.2) is 0 Å². The van der Waals surface area contributed by atoms with Gasteiger partial charge in [-0.3, -0.25) is 0 Å². The third-order valence-corrected chi connectivity index (χ3v) is 1.88. The van der Waals surface area contributed by atoms with Crippen LogP contribution in [0.1, 0.15) is 0 Å². The summed E-state index contributed by atoms with van der Waals surface area (Å²) >= 11 is 0. The van der Waals surface area contributed by atoms with E-state index >= 15 is 0 Å². The molecule has 0 fully saturated rings. The molecule has 1 nitrogen and oxygen atoms in total. The summed E-state index contributed by atoms with van der Waals surface area (Å²) in [6, 6.07) is 20.8. The second-order valence-corrected chi connectivity index (χ2v) is 2.73. The number of nitrogens with zero attached hydrogens (tertiary/aromatic N) is 1. The van der Waals surface area contributed by atoms with Gasteiger partial charge >= 0.3 is 0 Å². The molecule has 0 aliphatic carbocycles. The van der Waals surface area contributed by atoms with E-state index < -0.39 is 0 Å². The normalized spacial score (nSPS) is 8.92. The third kappa shape index (κ3) is 2.17. The molecular formula is C12H10N. The molecule has 0 spiro atoms. The predicted octanol–water partition coefficient (Wildman–Crippen LogP) is 2.87. The van der Waals surface area contributed by atoms with Crippen molar-refractivity contribution in [1.29, 1.82) is 0 Å². The van der Waals surface area contributed by atoms with Gasteiger partial charge in [0.25, 0.3) is 0 Å². The van der Waals surface area contributed by atoms with E-state index in [1.165, 1.54) is 11.1 Å². The molecule has 0 N–H and O–H groups in total. The van der Waals surface area contributed by atoms with E-state index in [4.69, 9.17) is 0 Å². The van der Waals surface area contributed by atoms with Crippen LogP contribution in [0.3, 0.4) is 0 Å². The van der Waals surface area contributed by atoms with Crippen LogP contribution >= 0.6 is 0 Å². The summed E-state index contributed by atoms with van der Waals surface area (Å²) in [7, 11) is 0. The molecule has 0 aliphatic heterocycles. The molecule has 0 amide bonds. The summed E-state index contributed by atoms with van der Waals surface area (Å²) in [4.78, 5) is 0. The van der Waals surface area contributed by atoms with Gasteiger partial charge in [-0.05, 0) is 11.1 Å². The maximum Gasteiger partial charge on any atom is 0 e. The van der Waals surface area contributed by atoms with Crippen LogP contribution in [0.2, 0.25) is 0 Å². The van der Waals surface area contributed by atoms with Crippen molar-refractivity contribution in [3.8, 4) is 11.1 Å². The molecule has 0 unspecified atom stereocenters. The van der Waals surface area contributed by atoms with Crippen molar-refractivity contribution in [2.24, 2.45) is 0 Å². The highest BCUT2D eigenvalue weighted by Crippen LogP contribution is 2.17. The average Bonchev–Trinajstić information content (AvgIpc) is 2.21. The Balaban J connectivity index is 0.000000845. The van der Waals surface area contributed by atoms with Crippen LogP contribution < -0.4 is 6.15 Å². The Kier molecular flexibility index (Phi) is 3.23. The summed E-state index contributed by atoms with van der Waals surface area (Å²) < 4.78 is 0. The van der Waals surface area contributed by atoms with Gasteiger partial charge in [0.1, 0.15) is 0 Å². The Hall–Kier alpha value is -1.60. The Morgan fingerprint density at radius 1 is 0.462 bits per heavy atom. The highest BCUT2D eigenvalue weighted by molar-refractivity contribution is 5.62. The molecule has 13 heavy (non-hydrogen) atoms. The van der Waals surface area contributed by atoms with Crippen molar-refractivity contribution in [2.75, 3.05) is 0 Å². The molecule has 0 bridgehead atoms. The van der Waals surface area contributed by atoms with E-state index in [0.717, 1.165) is 0 Å². The monoisotopic (exact) mass is 168 g/mol. The van der Waals surface area contributed by atoms with Crippen LogP contribution in [0.15, 0.2) is 60.7 Å². The lowest BCUT2D eigenvalue weighted by molar-refractivity contribution is 1.62. The van der Waals surface area contributed by atoms with E-state index in [9.17, 15) is 0 Å². The average molecular weight is 168 g/mol. The highest BCUT2D eigenvalue weighted by Gasteiger charge is 1.91. The highest BCUT2D eigenvalue weighted by atomic mass is 14.0. The van der Waals surface area contributed by atoms with Gasteiger partial charge < -0.3 is 0 Å². The van der Waals surface area contributed by atoms with Gasteiger partial charge in [0.05, 0.1) is 0 Å². The van der Waals surface area contributed by atoms with Crippen molar-refractivity contribution in [2.45, 2.75) is 0 Å². The van der Waals surface area contributed by atoms with E-state index in [1.54, 1.807) is 0 Å². The SMILES string of the molecule is [N].c1ccc(-c2ccccc2)cc1. The zero-order chi connectivity index (χ0) is 8.23. The number of benzene rings is 2. The summed E-state index contributed by atoms with van der Waals surface area (Å²) in [5.74, 6) is 0.